The van der Waals surface area contributed by atoms with Gasteiger partial charge >= 0.3 is 12.0 Å². The minimum atomic E-state index is -0.890. The molecule has 18 heavy (non-hydrogen) atoms. The first-order chi connectivity index (χ1) is 8.42. The van der Waals surface area contributed by atoms with Crippen molar-refractivity contribution < 1.29 is 14.6 Å². The van der Waals surface area contributed by atoms with Crippen molar-refractivity contribution in [3.63, 3.8) is 0 Å². The second kappa shape index (κ2) is 6.18. The van der Waals surface area contributed by atoms with Gasteiger partial charge in [-0.1, -0.05) is 13.8 Å². The summed E-state index contributed by atoms with van der Waals surface area (Å²) in [4.78, 5) is 19.3. The average Bonchev–Trinajstić information content (AvgIpc) is 2.26. The van der Waals surface area contributed by atoms with Gasteiger partial charge in [0.05, 0.1) is 7.11 Å². The van der Waals surface area contributed by atoms with E-state index in [-0.39, 0.29) is 11.9 Å². The van der Waals surface area contributed by atoms with Gasteiger partial charge in [0.25, 0.3) is 0 Å². The Morgan fingerprint density at radius 2 is 2.17 bits per heavy atom. The monoisotopic (exact) mass is 253 g/mol. The first-order valence-corrected chi connectivity index (χ1v) is 5.81. The number of aromatic nitrogens is 2. The van der Waals surface area contributed by atoms with Gasteiger partial charge in [0, 0.05) is 11.8 Å². The standard InChI is InChI=1S/C12H19N3O3/c1-7(2)5-9(11(16)17)14-10-6-8(3)13-12(15-10)18-4/h6-7,9H,5H2,1-4H3,(H,16,17)(H,13,14,15)/t9-/m0/s1. The molecule has 2 N–H and O–H groups in total. The second-order valence-electron chi connectivity index (χ2n) is 4.55. The SMILES string of the molecule is COc1nc(C)cc(N[C@@H](CC(C)C)C(=O)O)n1. The fourth-order valence-corrected chi connectivity index (χ4v) is 1.58. The van der Waals surface area contributed by atoms with Gasteiger partial charge in [-0.05, 0) is 19.3 Å². The number of carboxylic acid groups (broad SMARTS) is 1. The first-order valence-electron chi connectivity index (χ1n) is 5.81. The van der Waals surface area contributed by atoms with Crippen LogP contribution in [0.25, 0.3) is 0 Å². The van der Waals surface area contributed by atoms with Crippen molar-refractivity contribution in [2.24, 2.45) is 5.92 Å². The van der Waals surface area contributed by atoms with E-state index in [0.717, 1.165) is 5.69 Å². The van der Waals surface area contributed by atoms with Crippen molar-refractivity contribution in [2.45, 2.75) is 33.2 Å². The van der Waals surface area contributed by atoms with E-state index in [1.807, 2.05) is 13.8 Å². The summed E-state index contributed by atoms with van der Waals surface area (Å²) in [5.74, 6) is -0.144. The highest BCUT2D eigenvalue weighted by molar-refractivity contribution is 5.76. The maximum absolute atomic E-state index is 11.1. The highest BCUT2D eigenvalue weighted by Crippen LogP contribution is 2.15. The van der Waals surface area contributed by atoms with Crippen LogP contribution in [-0.4, -0.2) is 34.2 Å². The molecule has 1 atom stereocenters. The van der Waals surface area contributed by atoms with Crippen molar-refractivity contribution in [1.29, 1.82) is 0 Å². The van der Waals surface area contributed by atoms with E-state index >= 15 is 0 Å². The molecule has 1 rings (SSSR count). The largest absolute Gasteiger partial charge is 0.480 e. The summed E-state index contributed by atoms with van der Waals surface area (Å²) in [6, 6.07) is 1.26. The highest BCUT2D eigenvalue weighted by Gasteiger charge is 2.19. The first kappa shape index (κ1) is 14.2. The summed E-state index contributed by atoms with van der Waals surface area (Å²) in [6.45, 7) is 5.75. The Balaban J connectivity index is 2.86. The normalized spacial score (nSPS) is 12.3. The minimum absolute atomic E-state index is 0.228. The van der Waals surface area contributed by atoms with Crippen LogP contribution in [0.3, 0.4) is 0 Å². The molecule has 0 amide bonds. The van der Waals surface area contributed by atoms with E-state index in [1.54, 1.807) is 13.0 Å². The minimum Gasteiger partial charge on any atom is -0.480 e. The van der Waals surface area contributed by atoms with Crippen LogP contribution in [0, 0.1) is 12.8 Å². The van der Waals surface area contributed by atoms with Crippen molar-refractivity contribution in [3.8, 4) is 6.01 Å². The topological polar surface area (TPSA) is 84.3 Å². The van der Waals surface area contributed by atoms with Gasteiger partial charge in [0.2, 0.25) is 0 Å². The highest BCUT2D eigenvalue weighted by atomic mass is 16.5. The third-order valence-electron chi connectivity index (χ3n) is 2.34. The number of hydrogen-bond donors (Lipinski definition) is 2. The third-order valence-corrected chi connectivity index (χ3v) is 2.34. The molecular weight excluding hydrogens is 234 g/mol. The molecule has 1 aromatic heterocycles. The van der Waals surface area contributed by atoms with E-state index < -0.39 is 12.0 Å². The number of carbonyl (C=O) groups is 1. The maximum atomic E-state index is 11.1. The Kier molecular flexibility index (Phi) is 4.88. The molecular formula is C12H19N3O3. The van der Waals surface area contributed by atoms with Crippen molar-refractivity contribution in [3.05, 3.63) is 11.8 Å². The molecule has 0 spiro atoms. The zero-order valence-corrected chi connectivity index (χ0v) is 11.1. The summed E-state index contributed by atoms with van der Waals surface area (Å²) in [6.07, 6.45) is 0.528. The van der Waals surface area contributed by atoms with Crippen LogP contribution in [0.15, 0.2) is 6.07 Å². The number of nitrogens with one attached hydrogen (secondary N) is 1. The van der Waals surface area contributed by atoms with E-state index in [1.165, 1.54) is 7.11 Å². The van der Waals surface area contributed by atoms with E-state index in [4.69, 9.17) is 9.84 Å². The van der Waals surface area contributed by atoms with Gasteiger partial charge < -0.3 is 15.2 Å². The van der Waals surface area contributed by atoms with E-state index in [0.29, 0.717) is 12.2 Å². The molecule has 0 saturated carbocycles. The number of hydrogen-bond acceptors (Lipinski definition) is 5. The number of anilines is 1. The predicted octanol–water partition coefficient (Wildman–Crippen LogP) is 1.70. The Labute approximate surface area is 106 Å². The van der Waals surface area contributed by atoms with E-state index in [9.17, 15) is 4.79 Å². The molecule has 0 aliphatic rings. The van der Waals surface area contributed by atoms with Gasteiger partial charge in [-0.15, -0.1) is 0 Å². The maximum Gasteiger partial charge on any atom is 0.326 e. The van der Waals surface area contributed by atoms with Crippen LogP contribution in [0.5, 0.6) is 6.01 Å². The Bertz CT molecular complexity index is 421. The molecule has 0 radical (unpaired) electrons. The van der Waals surface area contributed by atoms with Crippen LogP contribution >= 0.6 is 0 Å². The van der Waals surface area contributed by atoms with Gasteiger partial charge in [0.15, 0.2) is 0 Å². The lowest BCUT2D eigenvalue weighted by Gasteiger charge is -2.17. The lowest BCUT2D eigenvalue weighted by molar-refractivity contribution is -0.138. The third kappa shape index (κ3) is 4.20. The summed E-state index contributed by atoms with van der Waals surface area (Å²) in [7, 11) is 1.47. The van der Waals surface area contributed by atoms with Crippen LogP contribution < -0.4 is 10.1 Å². The molecule has 0 aliphatic heterocycles. The molecule has 0 saturated heterocycles. The number of aliphatic carboxylic acids is 1. The van der Waals surface area contributed by atoms with Crippen LogP contribution in [0.2, 0.25) is 0 Å². The second-order valence-corrected chi connectivity index (χ2v) is 4.55. The summed E-state index contributed by atoms with van der Waals surface area (Å²) in [5, 5.41) is 12.0. The number of rotatable bonds is 6. The molecule has 6 heteroatoms. The zero-order valence-electron chi connectivity index (χ0n) is 11.1. The summed E-state index contributed by atoms with van der Waals surface area (Å²) < 4.78 is 4.95. The number of carboxylic acids is 1. The molecule has 100 valence electrons. The van der Waals surface area contributed by atoms with Crippen molar-refractivity contribution >= 4 is 11.8 Å². The number of nitrogens with zero attached hydrogens (tertiary/aromatic N) is 2. The molecule has 0 bridgehead atoms. The predicted molar refractivity (Wildman–Crippen MR) is 67.8 cm³/mol. The van der Waals surface area contributed by atoms with Gasteiger partial charge in [-0.2, -0.15) is 4.98 Å². The van der Waals surface area contributed by atoms with Crippen LogP contribution in [-0.2, 0) is 4.79 Å². The van der Waals surface area contributed by atoms with Crippen molar-refractivity contribution in [2.75, 3.05) is 12.4 Å². The molecule has 1 aromatic rings. The van der Waals surface area contributed by atoms with Crippen molar-refractivity contribution in [1.82, 2.24) is 9.97 Å². The smallest absolute Gasteiger partial charge is 0.326 e. The average molecular weight is 253 g/mol. The van der Waals surface area contributed by atoms with Crippen LogP contribution in [0.1, 0.15) is 26.0 Å². The zero-order chi connectivity index (χ0) is 13.7. The Morgan fingerprint density at radius 3 is 2.67 bits per heavy atom. The molecule has 0 aliphatic carbocycles. The van der Waals surface area contributed by atoms with Gasteiger partial charge in [-0.3, -0.25) is 0 Å². The fraction of sp³-hybridized carbons (Fsp3) is 0.583. The van der Waals surface area contributed by atoms with Crippen LogP contribution in [0.4, 0.5) is 5.82 Å². The molecule has 6 nitrogen and oxygen atoms in total. The summed E-state index contributed by atoms with van der Waals surface area (Å²) in [5.41, 5.74) is 0.720. The van der Waals surface area contributed by atoms with E-state index in [2.05, 4.69) is 15.3 Å². The Morgan fingerprint density at radius 1 is 1.50 bits per heavy atom. The molecule has 0 aromatic carbocycles. The lowest BCUT2D eigenvalue weighted by atomic mass is 10.0. The van der Waals surface area contributed by atoms with Gasteiger partial charge in [0.1, 0.15) is 11.9 Å². The molecule has 0 unspecified atom stereocenters. The van der Waals surface area contributed by atoms with Gasteiger partial charge in [-0.25, -0.2) is 9.78 Å². The Hall–Kier alpha value is -1.85. The lowest BCUT2D eigenvalue weighted by Crippen LogP contribution is -2.31. The fourth-order valence-electron chi connectivity index (χ4n) is 1.58. The number of methoxy groups -OCH3 is 1. The quantitative estimate of drug-likeness (QED) is 0.802. The number of aryl methyl sites for hydroxylation is 1. The summed E-state index contributed by atoms with van der Waals surface area (Å²) >= 11 is 0. The molecule has 0 fully saturated rings. The molecule has 1 heterocycles. The number of ether oxygens (including phenoxy) is 1.